The van der Waals surface area contributed by atoms with E-state index in [4.69, 9.17) is 0 Å². The number of aliphatic hydroxyl groups excluding tert-OH is 1. The van der Waals surface area contributed by atoms with Crippen LogP contribution >= 0.6 is 0 Å². The molecule has 0 spiro atoms. The first-order valence-electron chi connectivity index (χ1n) is 10.6. The summed E-state index contributed by atoms with van der Waals surface area (Å²) in [4.78, 5) is 0. The topological polar surface area (TPSA) is 20.2 Å². The summed E-state index contributed by atoms with van der Waals surface area (Å²) < 4.78 is 0. The summed E-state index contributed by atoms with van der Waals surface area (Å²) in [6, 6.07) is 18.5. The third kappa shape index (κ3) is 4.04. The van der Waals surface area contributed by atoms with Gasteiger partial charge in [-0.3, -0.25) is 0 Å². The van der Waals surface area contributed by atoms with E-state index < -0.39 is 0 Å². The van der Waals surface area contributed by atoms with Crippen LogP contribution in [0.2, 0.25) is 0 Å². The predicted molar refractivity (Wildman–Crippen MR) is 109 cm³/mol. The first kappa shape index (κ1) is 17.8. The highest BCUT2D eigenvalue weighted by molar-refractivity contribution is 5.64. The average Bonchev–Trinajstić information content (AvgIpc) is 2.70. The normalized spacial score (nSPS) is 29.5. The van der Waals surface area contributed by atoms with Crippen LogP contribution in [0.15, 0.2) is 48.5 Å². The second kappa shape index (κ2) is 7.96. The summed E-state index contributed by atoms with van der Waals surface area (Å²) in [6.07, 6.45) is 9.54. The van der Waals surface area contributed by atoms with Crippen LogP contribution in [0.4, 0.5) is 0 Å². The average molecular weight is 349 g/mol. The molecule has 2 aliphatic carbocycles. The maximum Gasteiger partial charge on any atom is 0.0540 e. The molecule has 0 heterocycles. The molecule has 138 valence electrons. The Balaban J connectivity index is 1.42. The van der Waals surface area contributed by atoms with Crippen molar-refractivity contribution < 1.29 is 5.11 Å². The molecule has 2 aromatic rings. The van der Waals surface area contributed by atoms with E-state index in [1.165, 1.54) is 47.9 Å². The van der Waals surface area contributed by atoms with Crippen molar-refractivity contribution in [2.24, 2.45) is 5.92 Å². The zero-order chi connectivity index (χ0) is 17.9. The first-order valence-corrected chi connectivity index (χ1v) is 10.6. The Hall–Kier alpha value is -1.60. The molecule has 1 nitrogen and oxygen atoms in total. The zero-order valence-corrected chi connectivity index (χ0v) is 16.0. The van der Waals surface area contributed by atoms with Gasteiger partial charge in [-0.15, -0.1) is 0 Å². The monoisotopic (exact) mass is 348 g/mol. The minimum absolute atomic E-state index is 0.0728. The maximum atomic E-state index is 9.70. The molecular weight excluding hydrogens is 316 g/mol. The van der Waals surface area contributed by atoms with Gasteiger partial charge in [0, 0.05) is 0 Å². The Morgan fingerprint density at radius 3 is 1.38 bits per heavy atom. The van der Waals surface area contributed by atoms with Crippen molar-refractivity contribution in [1.29, 1.82) is 0 Å². The van der Waals surface area contributed by atoms with E-state index in [1.54, 1.807) is 0 Å². The minimum atomic E-state index is -0.0728. The van der Waals surface area contributed by atoms with Gasteiger partial charge in [-0.2, -0.15) is 0 Å². The molecule has 2 aromatic carbocycles. The number of benzene rings is 2. The molecule has 26 heavy (non-hydrogen) atoms. The van der Waals surface area contributed by atoms with Crippen molar-refractivity contribution in [2.75, 3.05) is 0 Å². The quantitative estimate of drug-likeness (QED) is 0.657. The summed E-state index contributed by atoms with van der Waals surface area (Å²) in [5, 5.41) is 9.70. The van der Waals surface area contributed by atoms with Crippen molar-refractivity contribution in [3.05, 3.63) is 59.7 Å². The first-order chi connectivity index (χ1) is 12.7. The van der Waals surface area contributed by atoms with Gasteiger partial charge in [0.25, 0.3) is 0 Å². The van der Waals surface area contributed by atoms with Crippen molar-refractivity contribution in [1.82, 2.24) is 0 Å². The molecule has 0 bridgehead atoms. The fraction of sp³-hybridized carbons (Fsp3) is 0.520. The van der Waals surface area contributed by atoms with Crippen molar-refractivity contribution >= 4 is 0 Å². The Morgan fingerprint density at radius 1 is 0.577 bits per heavy atom. The molecule has 0 aromatic heterocycles. The molecule has 4 rings (SSSR count). The predicted octanol–water partition coefficient (Wildman–Crippen LogP) is 6.67. The van der Waals surface area contributed by atoms with E-state index in [1.807, 2.05) is 0 Å². The molecule has 2 saturated carbocycles. The van der Waals surface area contributed by atoms with Crippen LogP contribution in [0.1, 0.15) is 81.3 Å². The van der Waals surface area contributed by atoms with Crippen molar-refractivity contribution in [3.63, 3.8) is 0 Å². The lowest BCUT2D eigenvalue weighted by molar-refractivity contribution is 0.122. The summed E-state index contributed by atoms with van der Waals surface area (Å²) in [5.41, 5.74) is 5.60. The highest BCUT2D eigenvalue weighted by atomic mass is 16.3. The van der Waals surface area contributed by atoms with E-state index in [2.05, 4.69) is 55.5 Å². The van der Waals surface area contributed by atoms with Gasteiger partial charge in [0.15, 0.2) is 0 Å². The van der Waals surface area contributed by atoms with Gasteiger partial charge in [0.05, 0.1) is 6.10 Å². The molecule has 1 heteroatoms. The van der Waals surface area contributed by atoms with Crippen LogP contribution in [0, 0.1) is 5.92 Å². The van der Waals surface area contributed by atoms with E-state index in [9.17, 15) is 5.11 Å². The van der Waals surface area contributed by atoms with Gasteiger partial charge in [-0.05, 0) is 78.5 Å². The van der Waals surface area contributed by atoms with Gasteiger partial charge in [0.1, 0.15) is 0 Å². The van der Waals surface area contributed by atoms with E-state index in [0.29, 0.717) is 5.92 Å². The van der Waals surface area contributed by atoms with E-state index >= 15 is 0 Å². The Morgan fingerprint density at radius 2 is 0.962 bits per heavy atom. The fourth-order valence-electron chi connectivity index (χ4n) is 4.90. The third-order valence-electron chi connectivity index (χ3n) is 6.81. The summed E-state index contributed by atoms with van der Waals surface area (Å²) >= 11 is 0. The SMILES string of the molecule is CC1CCC(c2ccc(-c3ccc(C4CCC(O)CC4)cc3)cc2)CC1. The third-order valence-corrected chi connectivity index (χ3v) is 6.81. The van der Waals surface area contributed by atoms with Crippen LogP contribution in [-0.4, -0.2) is 11.2 Å². The maximum absolute atomic E-state index is 9.70. The number of hydrogen-bond donors (Lipinski definition) is 1. The van der Waals surface area contributed by atoms with Crippen LogP contribution in [-0.2, 0) is 0 Å². The van der Waals surface area contributed by atoms with E-state index in [-0.39, 0.29) is 6.10 Å². The minimum Gasteiger partial charge on any atom is -0.393 e. The molecule has 0 radical (unpaired) electrons. The zero-order valence-electron chi connectivity index (χ0n) is 16.0. The summed E-state index contributed by atoms with van der Waals surface area (Å²) in [7, 11) is 0. The number of aliphatic hydroxyl groups is 1. The van der Waals surface area contributed by atoms with Crippen LogP contribution in [0.25, 0.3) is 11.1 Å². The summed E-state index contributed by atoms with van der Waals surface area (Å²) in [5.74, 6) is 2.31. The molecular formula is C25H32O. The molecule has 0 amide bonds. The lowest BCUT2D eigenvalue weighted by atomic mass is 9.79. The Labute approximate surface area is 158 Å². The lowest BCUT2D eigenvalue weighted by Gasteiger charge is -2.26. The van der Waals surface area contributed by atoms with Gasteiger partial charge in [0.2, 0.25) is 0 Å². The highest BCUT2D eigenvalue weighted by Gasteiger charge is 2.21. The molecule has 2 aliphatic rings. The summed E-state index contributed by atoms with van der Waals surface area (Å²) in [6.45, 7) is 2.39. The second-order valence-corrected chi connectivity index (χ2v) is 8.71. The molecule has 0 unspecified atom stereocenters. The molecule has 1 N–H and O–H groups in total. The lowest BCUT2D eigenvalue weighted by Crippen LogP contribution is -2.16. The van der Waals surface area contributed by atoms with Crippen LogP contribution in [0.3, 0.4) is 0 Å². The molecule has 0 atom stereocenters. The van der Waals surface area contributed by atoms with Gasteiger partial charge >= 0.3 is 0 Å². The fourth-order valence-corrected chi connectivity index (χ4v) is 4.90. The van der Waals surface area contributed by atoms with Gasteiger partial charge < -0.3 is 5.11 Å². The highest BCUT2D eigenvalue weighted by Crippen LogP contribution is 2.37. The Kier molecular flexibility index (Phi) is 5.45. The Bertz CT molecular complexity index is 620. The van der Waals surface area contributed by atoms with Gasteiger partial charge in [-0.25, -0.2) is 0 Å². The number of hydrogen-bond acceptors (Lipinski definition) is 1. The van der Waals surface area contributed by atoms with Crippen molar-refractivity contribution in [2.45, 2.75) is 76.2 Å². The molecule has 0 aliphatic heterocycles. The second-order valence-electron chi connectivity index (χ2n) is 8.71. The largest absolute Gasteiger partial charge is 0.393 e. The molecule has 0 saturated heterocycles. The van der Waals surface area contributed by atoms with Crippen LogP contribution in [0.5, 0.6) is 0 Å². The van der Waals surface area contributed by atoms with Crippen molar-refractivity contribution in [3.8, 4) is 11.1 Å². The number of rotatable bonds is 3. The van der Waals surface area contributed by atoms with E-state index in [0.717, 1.165) is 37.5 Å². The molecule has 2 fully saturated rings. The smallest absolute Gasteiger partial charge is 0.0540 e. The van der Waals surface area contributed by atoms with Crippen LogP contribution < -0.4 is 0 Å². The standard InChI is InChI=1S/C25H32O/c1-18-2-4-19(5-3-18)20-6-8-21(9-7-20)22-10-12-23(13-11-22)24-14-16-25(26)17-15-24/h6-13,18-19,24-26H,2-5,14-17H2,1H3. The van der Waals surface area contributed by atoms with Gasteiger partial charge in [-0.1, -0.05) is 68.3 Å².